The number of nitrogens with one attached hydrogen (secondary N) is 2. The highest BCUT2D eigenvalue weighted by Crippen LogP contribution is 2.06. The quantitative estimate of drug-likeness (QED) is 0.286. The van der Waals surface area contributed by atoms with Crippen LogP contribution in [0.4, 0.5) is 0 Å². The van der Waals surface area contributed by atoms with Gasteiger partial charge >= 0.3 is 0 Å². The van der Waals surface area contributed by atoms with E-state index in [0.29, 0.717) is 25.0 Å². The second-order valence-electron chi connectivity index (χ2n) is 6.07. The van der Waals surface area contributed by atoms with Crippen LogP contribution in [0.2, 0.25) is 0 Å². The lowest BCUT2D eigenvalue weighted by Crippen LogP contribution is -2.42. The van der Waals surface area contributed by atoms with Crippen LogP contribution in [0.15, 0.2) is 17.6 Å². The average molecular weight is 434 g/mol. The fraction of sp³-hybridized carbons (Fsp3) is 0.688. The predicted molar refractivity (Wildman–Crippen MR) is 107 cm³/mol. The van der Waals surface area contributed by atoms with E-state index in [-0.39, 0.29) is 24.0 Å². The van der Waals surface area contributed by atoms with Crippen LogP contribution in [-0.2, 0) is 13.6 Å². The molecule has 1 unspecified atom stereocenters. The zero-order valence-electron chi connectivity index (χ0n) is 15.0. The van der Waals surface area contributed by atoms with Gasteiger partial charge in [0.05, 0.1) is 0 Å². The smallest absolute Gasteiger partial charge is 0.192 e. The molecule has 6 nitrogen and oxygen atoms in total. The molecule has 0 bridgehead atoms. The predicted octanol–water partition coefficient (Wildman–Crippen LogP) is 2.79. The van der Waals surface area contributed by atoms with E-state index in [1.165, 1.54) is 6.42 Å². The van der Waals surface area contributed by atoms with Gasteiger partial charge in [-0.2, -0.15) is 0 Å². The van der Waals surface area contributed by atoms with Gasteiger partial charge < -0.3 is 15.2 Å². The number of aryl methyl sites for hydroxylation is 1. The molecule has 1 aromatic rings. The third kappa shape index (κ3) is 8.34. The van der Waals surface area contributed by atoms with Gasteiger partial charge in [0.25, 0.3) is 0 Å². The molecule has 1 rings (SSSR count). The van der Waals surface area contributed by atoms with Crippen molar-refractivity contribution in [3.05, 3.63) is 24.3 Å². The molecule has 1 heterocycles. The Morgan fingerprint density at radius 1 is 1.30 bits per heavy atom. The third-order valence-corrected chi connectivity index (χ3v) is 3.54. The number of aliphatic imine (C=N–C) groups is 1. The molecule has 0 aliphatic heterocycles. The minimum atomic E-state index is 0. The van der Waals surface area contributed by atoms with Gasteiger partial charge in [-0.3, -0.25) is 0 Å². The minimum Gasteiger partial charge on any atom is -0.354 e. The molecule has 2 N–H and O–H groups in total. The molecule has 1 atom stereocenters. The van der Waals surface area contributed by atoms with Gasteiger partial charge in [-0.1, -0.05) is 19.9 Å². The van der Waals surface area contributed by atoms with Crippen molar-refractivity contribution < 1.29 is 0 Å². The molecule has 0 aliphatic carbocycles. The van der Waals surface area contributed by atoms with Crippen LogP contribution >= 0.6 is 24.0 Å². The molecule has 7 heteroatoms. The number of hydrogen-bond donors (Lipinski definition) is 2. The van der Waals surface area contributed by atoms with Crippen LogP contribution in [0.5, 0.6) is 0 Å². The van der Waals surface area contributed by atoms with Crippen LogP contribution in [-0.4, -0.2) is 33.3 Å². The Hall–Kier alpha value is -1.12. The van der Waals surface area contributed by atoms with E-state index in [4.69, 9.17) is 0 Å². The van der Waals surface area contributed by atoms with Crippen LogP contribution in [0.1, 0.15) is 45.3 Å². The third-order valence-electron chi connectivity index (χ3n) is 3.54. The van der Waals surface area contributed by atoms with E-state index in [2.05, 4.69) is 53.2 Å². The fourth-order valence-electron chi connectivity index (χ4n) is 1.95. The van der Waals surface area contributed by atoms with Crippen molar-refractivity contribution in [3.63, 3.8) is 0 Å². The summed E-state index contributed by atoms with van der Waals surface area (Å²) in [4.78, 5) is 4.60. The largest absolute Gasteiger partial charge is 0.354 e. The zero-order chi connectivity index (χ0) is 16.5. The van der Waals surface area contributed by atoms with E-state index < -0.39 is 0 Å². The Balaban J connectivity index is 0.00000484. The maximum atomic E-state index is 4.60. The van der Waals surface area contributed by atoms with Crippen molar-refractivity contribution in [2.45, 2.75) is 53.1 Å². The second-order valence-corrected chi connectivity index (χ2v) is 6.07. The molecule has 0 saturated heterocycles. The standard InChI is InChI=1S/C16H30N6.HI/c1-7-10-17-16(19-13(4)9-8-12(2)3)18-11-15-21-20-14(5)22(15)6;/h7,12-13H,1,8-11H2,2-6H3,(H2,17,18,19);1H. The number of guanidine groups is 1. The Morgan fingerprint density at radius 2 is 2.00 bits per heavy atom. The summed E-state index contributed by atoms with van der Waals surface area (Å²) in [7, 11) is 1.95. The molecule has 0 aromatic carbocycles. The molecule has 0 aliphatic rings. The number of nitrogens with zero attached hydrogens (tertiary/aromatic N) is 4. The van der Waals surface area contributed by atoms with Crippen molar-refractivity contribution in [2.75, 3.05) is 6.54 Å². The van der Waals surface area contributed by atoms with Gasteiger partial charge in [-0.05, 0) is 32.6 Å². The van der Waals surface area contributed by atoms with E-state index in [0.717, 1.165) is 24.0 Å². The van der Waals surface area contributed by atoms with Gasteiger partial charge in [0, 0.05) is 19.6 Å². The van der Waals surface area contributed by atoms with Crippen molar-refractivity contribution in [1.29, 1.82) is 0 Å². The second kappa shape index (κ2) is 11.4. The summed E-state index contributed by atoms with van der Waals surface area (Å²) in [6.07, 6.45) is 4.14. The van der Waals surface area contributed by atoms with Crippen LogP contribution in [0, 0.1) is 12.8 Å². The van der Waals surface area contributed by atoms with Crippen molar-refractivity contribution in [1.82, 2.24) is 25.4 Å². The summed E-state index contributed by atoms with van der Waals surface area (Å²) in [5.74, 6) is 3.25. The molecular formula is C16H31IN6. The topological polar surface area (TPSA) is 67.1 Å². The molecule has 1 aromatic heterocycles. The molecule has 0 spiro atoms. The van der Waals surface area contributed by atoms with E-state index in [9.17, 15) is 0 Å². The van der Waals surface area contributed by atoms with Crippen molar-refractivity contribution in [2.24, 2.45) is 18.0 Å². The van der Waals surface area contributed by atoms with Gasteiger partial charge in [0.15, 0.2) is 11.8 Å². The lowest BCUT2D eigenvalue weighted by Gasteiger charge is -2.18. The number of hydrogen-bond acceptors (Lipinski definition) is 3. The maximum Gasteiger partial charge on any atom is 0.192 e. The van der Waals surface area contributed by atoms with E-state index in [1.807, 2.05) is 24.6 Å². The first-order valence-electron chi connectivity index (χ1n) is 7.94. The molecule has 0 fully saturated rings. The first kappa shape index (κ1) is 21.9. The van der Waals surface area contributed by atoms with Crippen molar-refractivity contribution >= 4 is 29.9 Å². The lowest BCUT2D eigenvalue weighted by molar-refractivity contribution is 0.489. The number of aromatic nitrogens is 3. The van der Waals surface area contributed by atoms with Crippen LogP contribution in [0.25, 0.3) is 0 Å². The first-order chi connectivity index (χ1) is 10.4. The molecule has 23 heavy (non-hydrogen) atoms. The minimum absolute atomic E-state index is 0. The lowest BCUT2D eigenvalue weighted by atomic mass is 10.0. The highest BCUT2D eigenvalue weighted by Gasteiger charge is 2.08. The summed E-state index contributed by atoms with van der Waals surface area (Å²) in [5.41, 5.74) is 0. The van der Waals surface area contributed by atoms with Gasteiger partial charge in [0.2, 0.25) is 0 Å². The van der Waals surface area contributed by atoms with E-state index in [1.54, 1.807) is 0 Å². The highest BCUT2D eigenvalue weighted by molar-refractivity contribution is 14.0. The number of rotatable bonds is 8. The normalized spacial score (nSPS) is 12.7. The summed E-state index contributed by atoms with van der Waals surface area (Å²) < 4.78 is 1.96. The maximum absolute atomic E-state index is 4.60. The molecule has 0 radical (unpaired) electrons. The van der Waals surface area contributed by atoms with Gasteiger partial charge in [-0.15, -0.1) is 40.8 Å². The van der Waals surface area contributed by atoms with Gasteiger partial charge in [-0.25, -0.2) is 4.99 Å². The number of halogens is 1. The molecule has 0 amide bonds. The summed E-state index contributed by atoms with van der Waals surface area (Å²) in [6, 6.07) is 0.375. The summed E-state index contributed by atoms with van der Waals surface area (Å²) in [5, 5.41) is 14.9. The average Bonchev–Trinajstić information content (AvgIpc) is 2.79. The van der Waals surface area contributed by atoms with Gasteiger partial charge in [0.1, 0.15) is 12.4 Å². The summed E-state index contributed by atoms with van der Waals surface area (Å²) in [6.45, 7) is 13.5. The van der Waals surface area contributed by atoms with E-state index >= 15 is 0 Å². The Morgan fingerprint density at radius 3 is 2.52 bits per heavy atom. The van der Waals surface area contributed by atoms with Crippen LogP contribution < -0.4 is 10.6 Å². The SMILES string of the molecule is C=CCNC(=NCc1nnc(C)n1C)NC(C)CCC(C)C.I. The van der Waals surface area contributed by atoms with Crippen molar-refractivity contribution in [3.8, 4) is 0 Å². The Labute approximate surface area is 157 Å². The van der Waals surface area contributed by atoms with Crippen LogP contribution in [0.3, 0.4) is 0 Å². The highest BCUT2D eigenvalue weighted by atomic mass is 127. The fourth-order valence-corrected chi connectivity index (χ4v) is 1.95. The first-order valence-corrected chi connectivity index (χ1v) is 7.94. The molecule has 0 saturated carbocycles. The summed E-state index contributed by atoms with van der Waals surface area (Å²) >= 11 is 0. The Kier molecular flexibility index (Phi) is 10.9. The Bertz CT molecular complexity index is 495. The molecular weight excluding hydrogens is 403 g/mol. The molecule has 132 valence electrons. The monoisotopic (exact) mass is 434 g/mol. The zero-order valence-corrected chi connectivity index (χ0v) is 17.3.